The highest BCUT2D eigenvalue weighted by Gasteiger charge is 2.32. The van der Waals surface area contributed by atoms with Gasteiger partial charge in [0.1, 0.15) is 33.5 Å². The Balaban J connectivity index is 1.01. The molecule has 0 spiro atoms. The number of fused-ring (bicyclic) bond motifs is 9. The van der Waals surface area contributed by atoms with Crippen molar-refractivity contribution in [1.29, 1.82) is 0 Å². The predicted octanol–water partition coefficient (Wildman–Crippen LogP) is 11.2. The first-order valence-electron chi connectivity index (χ1n) is 17.3. The average molecular weight is 662 g/mol. The lowest BCUT2D eigenvalue weighted by molar-refractivity contribution is 0.203. The number of rotatable bonds is 4. The maximum Gasteiger partial charge on any atom is 0.141 e. The molecule has 11 rings (SSSR count). The van der Waals surface area contributed by atoms with Gasteiger partial charge in [0.2, 0.25) is 0 Å². The molecule has 3 atom stereocenters. The van der Waals surface area contributed by atoms with Crippen molar-refractivity contribution in [3.8, 4) is 11.1 Å². The third-order valence-corrected chi connectivity index (χ3v) is 10.4. The van der Waals surface area contributed by atoms with Crippen LogP contribution in [0.25, 0.3) is 76.9 Å². The molecule has 0 bridgehead atoms. The highest BCUT2D eigenvalue weighted by molar-refractivity contribution is 6.09. The highest BCUT2D eigenvalue weighted by Crippen LogP contribution is 2.39. The highest BCUT2D eigenvalue weighted by atomic mass is 16.3. The zero-order chi connectivity index (χ0) is 33.5. The average Bonchev–Trinajstić information content (AvgIpc) is 3.88. The molecular weight excluding hydrogens is 631 g/mol. The minimum Gasteiger partial charge on any atom is -0.456 e. The van der Waals surface area contributed by atoms with Crippen LogP contribution in [-0.2, 0) is 0 Å². The van der Waals surface area contributed by atoms with Gasteiger partial charge in [0.25, 0.3) is 0 Å². The van der Waals surface area contributed by atoms with Crippen molar-refractivity contribution in [2.24, 2.45) is 0 Å². The van der Waals surface area contributed by atoms with Gasteiger partial charge in [0.05, 0.1) is 18.5 Å². The van der Waals surface area contributed by atoms with Gasteiger partial charge in [-0.25, -0.2) is 0 Å². The minimum atomic E-state index is -0.209. The third kappa shape index (κ3) is 4.62. The molecule has 1 aliphatic rings. The molecule has 0 aliphatic carbocycles. The summed E-state index contributed by atoms with van der Waals surface area (Å²) in [5.74, 6) is 0. The SMILES string of the molecule is c1ccc(C2NC(c3ccc4oc5ccccc5c4c3)NC(c3cccc4c3oc3ccc(-c5ccc6oc7ccccc7c6c5)cc34)N2)cc1. The summed E-state index contributed by atoms with van der Waals surface area (Å²) in [7, 11) is 0. The van der Waals surface area contributed by atoms with Crippen LogP contribution in [0.3, 0.4) is 0 Å². The van der Waals surface area contributed by atoms with Gasteiger partial charge < -0.3 is 13.3 Å². The van der Waals surface area contributed by atoms with Crippen LogP contribution >= 0.6 is 0 Å². The first-order valence-corrected chi connectivity index (χ1v) is 17.3. The van der Waals surface area contributed by atoms with E-state index in [1.54, 1.807) is 0 Å². The van der Waals surface area contributed by atoms with Crippen LogP contribution in [0, 0.1) is 0 Å². The summed E-state index contributed by atoms with van der Waals surface area (Å²) >= 11 is 0. The van der Waals surface area contributed by atoms with E-state index >= 15 is 0 Å². The van der Waals surface area contributed by atoms with E-state index in [-0.39, 0.29) is 18.5 Å². The van der Waals surface area contributed by atoms with Crippen molar-refractivity contribution in [3.63, 3.8) is 0 Å². The van der Waals surface area contributed by atoms with Gasteiger partial charge in [-0.1, -0.05) is 103 Å². The molecule has 10 aromatic rings. The molecule has 3 N–H and O–H groups in total. The Hall–Kier alpha value is -6.18. The van der Waals surface area contributed by atoms with Crippen molar-refractivity contribution in [1.82, 2.24) is 16.0 Å². The standard InChI is InChI=1S/C45H31N3O3/c1-2-9-26(10-3-1)43-46-44(29-19-22-40-35(25-29)31-12-5-7-16-38(31)50-40)48-45(47-43)33-14-8-13-32-36-24-28(18-21-41(36)51-42(32)33)27-17-20-39-34(23-27)30-11-4-6-15-37(30)49-39/h1-25,43-48H. The summed E-state index contributed by atoms with van der Waals surface area (Å²) in [4.78, 5) is 0. The van der Waals surface area contributed by atoms with Crippen LogP contribution in [0.4, 0.5) is 0 Å². The summed E-state index contributed by atoms with van der Waals surface area (Å²) in [5, 5.41) is 18.2. The maximum absolute atomic E-state index is 6.69. The van der Waals surface area contributed by atoms with E-state index in [4.69, 9.17) is 13.3 Å². The number of benzene rings is 7. The first kappa shape index (κ1) is 28.6. The van der Waals surface area contributed by atoms with Crippen molar-refractivity contribution in [2.45, 2.75) is 18.5 Å². The summed E-state index contributed by atoms with van der Waals surface area (Å²) < 4.78 is 18.9. The zero-order valence-corrected chi connectivity index (χ0v) is 27.4. The normalized spacial score (nSPS) is 18.2. The fraction of sp³-hybridized carbons (Fsp3) is 0.0667. The molecule has 6 heteroatoms. The number of hydrogen-bond donors (Lipinski definition) is 3. The summed E-state index contributed by atoms with van der Waals surface area (Å²) in [5.41, 5.74) is 10.9. The molecule has 1 saturated heterocycles. The van der Waals surface area contributed by atoms with Gasteiger partial charge in [0.15, 0.2) is 0 Å². The monoisotopic (exact) mass is 661 g/mol. The topological polar surface area (TPSA) is 75.5 Å². The summed E-state index contributed by atoms with van der Waals surface area (Å²) in [6.45, 7) is 0. The van der Waals surface area contributed by atoms with Gasteiger partial charge in [-0.3, -0.25) is 16.0 Å². The van der Waals surface area contributed by atoms with E-state index in [2.05, 4.69) is 143 Å². The second-order valence-electron chi connectivity index (χ2n) is 13.4. The van der Waals surface area contributed by atoms with Crippen molar-refractivity contribution >= 4 is 65.8 Å². The Bertz CT molecular complexity index is 2940. The van der Waals surface area contributed by atoms with E-state index in [0.717, 1.165) is 93.6 Å². The van der Waals surface area contributed by atoms with Gasteiger partial charge >= 0.3 is 0 Å². The van der Waals surface area contributed by atoms with Gasteiger partial charge in [-0.2, -0.15) is 0 Å². The Morgan fingerprint density at radius 2 is 0.843 bits per heavy atom. The van der Waals surface area contributed by atoms with Crippen molar-refractivity contribution in [2.75, 3.05) is 0 Å². The Kier molecular flexibility index (Phi) is 6.27. The lowest BCUT2D eigenvalue weighted by atomic mass is 9.99. The molecule has 4 heterocycles. The third-order valence-electron chi connectivity index (χ3n) is 10.4. The number of nitrogens with one attached hydrogen (secondary N) is 3. The Morgan fingerprint density at radius 3 is 1.55 bits per heavy atom. The van der Waals surface area contributed by atoms with Gasteiger partial charge in [0, 0.05) is 37.9 Å². The molecule has 3 unspecified atom stereocenters. The molecule has 0 radical (unpaired) electrons. The molecule has 244 valence electrons. The van der Waals surface area contributed by atoms with E-state index in [9.17, 15) is 0 Å². The van der Waals surface area contributed by atoms with E-state index in [1.807, 2.05) is 24.3 Å². The van der Waals surface area contributed by atoms with Gasteiger partial charge in [-0.15, -0.1) is 0 Å². The van der Waals surface area contributed by atoms with Crippen LogP contribution in [0.5, 0.6) is 0 Å². The van der Waals surface area contributed by atoms with Gasteiger partial charge in [-0.05, 0) is 70.8 Å². The molecule has 7 aromatic carbocycles. The van der Waals surface area contributed by atoms with E-state index < -0.39 is 0 Å². The number of hydrogen-bond acceptors (Lipinski definition) is 6. The number of furan rings is 3. The van der Waals surface area contributed by atoms with E-state index in [0.29, 0.717) is 0 Å². The van der Waals surface area contributed by atoms with Crippen LogP contribution in [0.15, 0.2) is 165 Å². The summed E-state index contributed by atoms with van der Waals surface area (Å²) in [6.07, 6.45) is -0.474. The molecular formula is C45H31N3O3. The Morgan fingerprint density at radius 1 is 0.333 bits per heavy atom. The molecule has 6 nitrogen and oxygen atoms in total. The lowest BCUT2D eigenvalue weighted by Crippen LogP contribution is -2.54. The van der Waals surface area contributed by atoms with Crippen LogP contribution in [0.2, 0.25) is 0 Å². The molecule has 1 aliphatic heterocycles. The second-order valence-corrected chi connectivity index (χ2v) is 13.4. The van der Waals surface area contributed by atoms with Crippen molar-refractivity contribution in [3.05, 3.63) is 168 Å². The first-order chi connectivity index (χ1) is 25.2. The Labute approximate surface area is 292 Å². The minimum absolute atomic E-state index is 0.112. The van der Waals surface area contributed by atoms with Crippen LogP contribution in [-0.4, -0.2) is 0 Å². The van der Waals surface area contributed by atoms with Crippen molar-refractivity contribution < 1.29 is 13.3 Å². The van der Waals surface area contributed by atoms with Crippen LogP contribution in [0.1, 0.15) is 35.2 Å². The second kappa shape index (κ2) is 11.2. The molecule has 1 fully saturated rings. The maximum atomic E-state index is 6.69. The molecule has 51 heavy (non-hydrogen) atoms. The number of para-hydroxylation sites is 3. The zero-order valence-electron chi connectivity index (χ0n) is 27.4. The predicted molar refractivity (Wildman–Crippen MR) is 204 cm³/mol. The summed E-state index contributed by atoms with van der Waals surface area (Å²) in [6, 6.07) is 52.8. The fourth-order valence-electron chi connectivity index (χ4n) is 7.91. The quantitative estimate of drug-likeness (QED) is 0.174. The smallest absolute Gasteiger partial charge is 0.141 e. The van der Waals surface area contributed by atoms with E-state index in [1.165, 1.54) is 0 Å². The molecule has 0 amide bonds. The molecule has 3 aromatic heterocycles. The lowest BCUT2D eigenvalue weighted by Gasteiger charge is -2.39. The fourth-order valence-corrected chi connectivity index (χ4v) is 7.91. The molecule has 0 saturated carbocycles. The largest absolute Gasteiger partial charge is 0.456 e. The van der Waals surface area contributed by atoms with Crippen LogP contribution < -0.4 is 16.0 Å².